The number of nitrogens with one attached hydrogen (secondary N) is 1. The molecule has 0 radical (unpaired) electrons. The molecule has 2 rings (SSSR count). The van der Waals surface area contributed by atoms with Gasteiger partial charge in [-0.1, -0.05) is 6.92 Å². The Morgan fingerprint density at radius 3 is 2.78 bits per heavy atom. The number of aliphatic imine (C=N–C) groups is 1. The quantitative estimate of drug-likeness (QED) is 0.384. The van der Waals surface area contributed by atoms with Crippen LogP contribution in [0.5, 0.6) is 0 Å². The first-order valence-corrected chi connectivity index (χ1v) is 8.54. The summed E-state index contributed by atoms with van der Waals surface area (Å²) in [6.07, 6.45) is 3.16. The summed E-state index contributed by atoms with van der Waals surface area (Å²) in [5.74, 6) is 0.564. The number of hydrogen-bond donors (Lipinski definition) is 2. The molecular formula is C14H25IN6OS. The van der Waals surface area contributed by atoms with Crippen LogP contribution in [-0.4, -0.2) is 61.0 Å². The van der Waals surface area contributed by atoms with E-state index in [2.05, 4.69) is 25.1 Å². The van der Waals surface area contributed by atoms with Crippen LogP contribution in [0.2, 0.25) is 0 Å². The molecule has 0 spiro atoms. The fourth-order valence-corrected chi connectivity index (χ4v) is 2.92. The van der Waals surface area contributed by atoms with Gasteiger partial charge in [0.1, 0.15) is 0 Å². The first kappa shape index (κ1) is 19.9. The number of carbonyl (C=O) groups excluding carboxylic acids is 1. The van der Waals surface area contributed by atoms with Gasteiger partial charge in [0, 0.05) is 50.7 Å². The maximum atomic E-state index is 11.5. The van der Waals surface area contributed by atoms with Gasteiger partial charge < -0.3 is 20.9 Å². The lowest BCUT2D eigenvalue weighted by Gasteiger charge is -2.35. The minimum Gasteiger partial charge on any atom is -0.370 e. The third-order valence-corrected chi connectivity index (χ3v) is 4.31. The van der Waals surface area contributed by atoms with Crippen molar-refractivity contribution in [1.82, 2.24) is 15.2 Å². The van der Waals surface area contributed by atoms with Crippen molar-refractivity contribution in [3.05, 3.63) is 11.6 Å². The summed E-state index contributed by atoms with van der Waals surface area (Å²) in [5.41, 5.74) is 6.01. The number of carbonyl (C=O) groups is 1. The largest absolute Gasteiger partial charge is 0.370 e. The van der Waals surface area contributed by atoms with Crippen LogP contribution in [0.3, 0.4) is 0 Å². The molecule has 0 bridgehead atoms. The minimum absolute atomic E-state index is 0. The lowest BCUT2D eigenvalue weighted by molar-refractivity contribution is -0.120. The van der Waals surface area contributed by atoms with Crippen molar-refractivity contribution in [3.63, 3.8) is 0 Å². The van der Waals surface area contributed by atoms with Crippen LogP contribution in [0.4, 0.5) is 5.13 Å². The third kappa shape index (κ3) is 6.50. The van der Waals surface area contributed by atoms with Gasteiger partial charge in [-0.2, -0.15) is 0 Å². The second-order valence-corrected chi connectivity index (χ2v) is 6.00. The van der Waals surface area contributed by atoms with E-state index in [0.29, 0.717) is 18.9 Å². The van der Waals surface area contributed by atoms with Gasteiger partial charge in [0.25, 0.3) is 0 Å². The van der Waals surface area contributed by atoms with E-state index in [0.717, 1.165) is 44.3 Å². The molecule has 1 fully saturated rings. The average molecular weight is 452 g/mol. The molecule has 0 aliphatic carbocycles. The second kappa shape index (κ2) is 10.6. The highest BCUT2D eigenvalue weighted by Crippen LogP contribution is 2.18. The highest BCUT2D eigenvalue weighted by molar-refractivity contribution is 14.0. The van der Waals surface area contributed by atoms with Crippen molar-refractivity contribution in [2.75, 3.05) is 44.2 Å². The number of hydrogen-bond acceptors (Lipinski definition) is 5. The Bertz CT molecular complexity index is 487. The van der Waals surface area contributed by atoms with Crippen LogP contribution in [-0.2, 0) is 4.79 Å². The Labute approximate surface area is 158 Å². The van der Waals surface area contributed by atoms with E-state index >= 15 is 0 Å². The van der Waals surface area contributed by atoms with Crippen molar-refractivity contribution < 1.29 is 4.79 Å². The lowest BCUT2D eigenvalue weighted by atomic mass is 10.3. The van der Waals surface area contributed by atoms with Crippen LogP contribution in [0.25, 0.3) is 0 Å². The Morgan fingerprint density at radius 1 is 1.43 bits per heavy atom. The molecule has 3 N–H and O–H groups in total. The van der Waals surface area contributed by atoms with Gasteiger partial charge >= 0.3 is 0 Å². The van der Waals surface area contributed by atoms with Crippen molar-refractivity contribution in [3.8, 4) is 0 Å². The highest BCUT2D eigenvalue weighted by atomic mass is 127. The number of piperazine rings is 1. The van der Waals surface area contributed by atoms with Crippen LogP contribution >= 0.6 is 35.3 Å². The van der Waals surface area contributed by atoms with E-state index in [1.165, 1.54) is 0 Å². The van der Waals surface area contributed by atoms with E-state index in [4.69, 9.17) is 5.73 Å². The summed E-state index contributed by atoms with van der Waals surface area (Å²) in [7, 11) is 0. The van der Waals surface area contributed by atoms with E-state index in [-0.39, 0.29) is 29.9 Å². The molecule has 0 saturated carbocycles. The Balaban J connectivity index is 0.00000264. The van der Waals surface area contributed by atoms with Gasteiger partial charge in [-0.3, -0.25) is 9.79 Å². The summed E-state index contributed by atoms with van der Waals surface area (Å²) in [6, 6.07) is 0. The number of anilines is 1. The van der Waals surface area contributed by atoms with E-state index in [9.17, 15) is 4.79 Å². The molecule has 0 unspecified atom stereocenters. The first-order chi connectivity index (χ1) is 10.7. The minimum atomic E-state index is 0. The number of guanidine groups is 1. The van der Waals surface area contributed by atoms with Gasteiger partial charge in [-0.25, -0.2) is 4.98 Å². The van der Waals surface area contributed by atoms with Crippen LogP contribution in [0.15, 0.2) is 16.6 Å². The monoisotopic (exact) mass is 452 g/mol. The number of halogens is 1. The summed E-state index contributed by atoms with van der Waals surface area (Å²) >= 11 is 1.65. The summed E-state index contributed by atoms with van der Waals surface area (Å²) in [6.45, 7) is 6.63. The van der Waals surface area contributed by atoms with Gasteiger partial charge in [-0.15, -0.1) is 35.3 Å². The topological polar surface area (TPSA) is 86.8 Å². The van der Waals surface area contributed by atoms with E-state index in [1.807, 2.05) is 18.5 Å². The number of thiazole rings is 1. The molecule has 1 saturated heterocycles. The van der Waals surface area contributed by atoms with Gasteiger partial charge in [0.2, 0.25) is 5.91 Å². The zero-order valence-electron chi connectivity index (χ0n) is 13.4. The SMILES string of the molecule is CCCNC(=O)CCN=C(N)N1CCN(c2nccs2)CC1.I. The molecule has 2 heterocycles. The van der Waals surface area contributed by atoms with Gasteiger partial charge in [0.15, 0.2) is 11.1 Å². The smallest absolute Gasteiger partial charge is 0.221 e. The Hall–Kier alpha value is -1.10. The van der Waals surface area contributed by atoms with Gasteiger partial charge in [-0.05, 0) is 6.42 Å². The number of rotatable bonds is 6. The molecule has 130 valence electrons. The standard InChI is InChI=1S/C14H24N6OS.HI/c1-2-4-16-12(21)3-5-17-13(15)19-7-9-20(10-8-19)14-18-6-11-22-14;/h6,11H,2-5,7-10H2,1H3,(H2,15,17)(H,16,21);1H. The number of aromatic nitrogens is 1. The molecule has 23 heavy (non-hydrogen) atoms. The lowest BCUT2D eigenvalue weighted by Crippen LogP contribution is -2.51. The molecule has 1 aromatic rings. The molecule has 0 atom stereocenters. The molecule has 7 nitrogen and oxygen atoms in total. The fourth-order valence-electron chi connectivity index (χ4n) is 2.22. The van der Waals surface area contributed by atoms with Crippen LogP contribution in [0, 0.1) is 0 Å². The maximum Gasteiger partial charge on any atom is 0.221 e. The van der Waals surface area contributed by atoms with E-state index in [1.54, 1.807) is 11.3 Å². The third-order valence-electron chi connectivity index (χ3n) is 3.48. The van der Waals surface area contributed by atoms with Crippen LogP contribution in [0.1, 0.15) is 19.8 Å². The van der Waals surface area contributed by atoms with E-state index < -0.39 is 0 Å². The molecule has 1 aliphatic rings. The normalized spacial score (nSPS) is 15.3. The number of nitrogens with two attached hydrogens (primary N) is 1. The molecule has 1 amide bonds. The van der Waals surface area contributed by atoms with Crippen molar-refractivity contribution >= 4 is 52.3 Å². The molecular weight excluding hydrogens is 427 g/mol. The highest BCUT2D eigenvalue weighted by Gasteiger charge is 2.19. The Morgan fingerprint density at radius 2 is 2.17 bits per heavy atom. The molecule has 1 aliphatic heterocycles. The van der Waals surface area contributed by atoms with Gasteiger partial charge in [0.05, 0.1) is 6.54 Å². The van der Waals surface area contributed by atoms with Crippen molar-refractivity contribution in [2.24, 2.45) is 10.7 Å². The number of amides is 1. The molecule has 9 heteroatoms. The zero-order valence-corrected chi connectivity index (χ0v) is 16.5. The maximum absolute atomic E-state index is 11.5. The van der Waals surface area contributed by atoms with Crippen molar-refractivity contribution in [2.45, 2.75) is 19.8 Å². The number of nitrogens with zero attached hydrogens (tertiary/aromatic N) is 4. The second-order valence-electron chi connectivity index (χ2n) is 5.13. The summed E-state index contributed by atoms with van der Waals surface area (Å²) in [4.78, 5) is 24.4. The average Bonchev–Trinajstić information content (AvgIpc) is 3.07. The predicted molar refractivity (Wildman–Crippen MR) is 106 cm³/mol. The molecule has 1 aromatic heterocycles. The van der Waals surface area contributed by atoms with Crippen LogP contribution < -0.4 is 16.0 Å². The molecule has 0 aromatic carbocycles. The van der Waals surface area contributed by atoms with Crippen molar-refractivity contribution in [1.29, 1.82) is 0 Å². The summed E-state index contributed by atoms with van der Waals surface area (Å²) < 4.78 is 0. The summed E-state index contributed by atoms with van der Waals surface area (Å²) in [5, 5.41) is 5.88. The first-order valence-electron chi connectivity index (χ1n) is 7.66. The fraction of sp³-hybridized carbons (Fsp3) is 0.643. The predicted octanol–water partition coefficient (Wildman–Crippen LogP) is 1.11. The zero-order chi connectivity index (χ0) is 15.8. The Kier molecular flexibility index (Phi) is 9.22.